The molecule has 0 aliphatic carbocycles. The van der Waals surface area contributed by atoms with Crippen LogP contribution in [0.25, 0.3) is 0 Å². The maximum Gasteiger partial charge on any atom is 0.337 e. The first-order valence-electron chi connectivity index (χ1n) is 6.66. The van der Waals surface area contributed by atoms with Gasteiger partial charge in [-0.3, -0.25) is 0 Å². The molecule has 7 heteroatoms. The summed E-state index contributed by atoms with van der Waals surface area (Å²) in [5, 5.41) is 9.09. The molecule has 1 atom stereocenters. The molecule has 0 saturated carbocycles. The van der Waals surface area contributed by atoms with E-state index in [-0.39, 0.29) is 5.75 Å². The Kier molecular flexibility index (Phi) is 6.80. The Bertz CT molecular complexity index is 551. The van der Waals surface area contributed by atoms with Crippen molar-refractivity contribution in [2.24, 2.45) is 0 Å². The average molecular weight is 315 g/mol. The molecule has 1 rings (SSSR count). The zero-order valence-electron chi connectivity index (χ0n) is 12.2. The van der Waals surface area contributed by atoms with Gasteiger partial charge in [-0.25, -0.2) is 17.9 Å². The highest BCUT2D eigenvalue weighted by Crippen LogP contribution is 2.09. The van der Waals surface area contributed by atoms with Gasteiger partial charge >= 0.3 is 5.97 Å². The molecule has 1 aromatic rings. The van der Waals surface area contributed by atoms with Crippen molar-refractivity contribution >= 4 is 16.0 Å². The number of sulfonamides is 1. The van der Waals surface area contributed by atoms with Crippen LogP contribution in [0.15, 0.2) is 24.3 Å². The lowest BCUT2D eigenvalue weighted by Crippen LogP contribution is -2.26. The maximum absolute atomic E-state index is 11.9. The normalized spacial score (nSPS) is 12.9. The lowest BCUT2D eigenvalue weighted by Gasteiger charge is -2.08. The molecule has 0 fully saturated rings. The number of carbonyl (C=O) groups excluding carboxylic acids is 1. The maximum atomic E-state index is 11.9. The summed E-state index contributed by atoms with van der Waals surface area (Å²) in [4.78, 5) is 11.3. The van der Waals surface area contributed by atoms with Crippen LogP contribution in [0.5, 0.6) is 0 Å². The van der Waals surface area contributed by atoms with Gasteiger partial charge in [0.05, 0.1) is 24.5 Å². The summed E-state index contributed by atoms with van der Waals surface area (Å²) in [6.07, 6.45) is 0.703. The van der Waals surface area contributed by atoms with E-state index in [1.54, 1.807) is 19.1 Å². The van der Waals surface area contributed by atoms with Gasteiger partial charge in [0, 0.05) is 6.54 Å². The third-order valence-electron chi connectivity index (χ3n) is 2.85. The lowest BCUT2D eigenvalue weighted by molar-refractivity contribution is 0.0600. The number of ether oxygens (including phenoxy) is 1. The van der Waals surface area contributed by atoms with Gasteiger partial charge < -0.3 is 9.84 Å². The first kappa shape index (κ1) is 17.6. The molecule has 0 aliphatic rings. The zero-order chi connectivity index (χ0) is 15.9. The highest BCUT2D eigenvalue weighted by Gasteiger charge is 2.12. The van der Waals surface area contributed by atoms with E-state index in [1.807, 2.05) is 0 Å². The van der Waals surface area contributed by atoms with E-state index in [2.05, 4.69) is 9.46 Å². The molecule has 0 saturated heterocycles. The number of hydrogen-bond acceptors (Lipinski definition) is 5. The highest BCUT2D eigenvalue weighted by molar-refractivity contribution is 7.88. The standard InChI is InChI=1S/C14H21NO5S/c1-11(16)4-3-9-15-21(18,19)10-12-5-7-13(8-6-12)14(17)20-2/h5-8,11,15-16H,3-4,9-10H2,1-2H3. The van der Waals surface area contributed by atoms with Gasteiger partial charge in [-0.15, -0.1) is 0 Å². The Morgan fingerprint density at radius 3 is 2.48 bits per heavy atom. The van der Waals surface area contributed by atoms with Crippen molar-refractivity contribution in [1.29, 1.82) is 0 Å². The summed E-state index contributed by atoms with van der Waals surface area (Å²) in [5.74, 6) is -0.607. The third-order valence-corrected chi connectivity index (χ3v) is 4.21. The second kappa shape index (κ2) is 8.11. The molecule has 1 aromatic carbocycles. The summed E-state index contributed by atoms with van der Waals surface area (Å²) in [6, 6.07) is 6.23. The number of hydrogen-bond donors (Lipinski definition) is 2. The van der Waals surface area contributed by atoms with Gasteiger partial charge in [0.2, 0.25) is 10.0 Å². The van der Waals surface area contributed by atoms with Crippen LogP contribution in [0, 0.1) is 0 Å². The fraction of sp³-hybridized carbons (Fsp3) is 0.500. The Morgan fingerprint density at radius 1 is 1.33 bits per heavy atom. The molecule has 0 spiro atoms. The monoisotopic (exact) mass is 315 g/mol. The van der Waals surface area contributed by atoms with Crippen LogP contribution in [-0.4, -0.2) is 39.3 Å². The minimum atomic E-state index is -3.42. The molecule has 0 aliphatic heterocycles. The number of nitrogens with one attached hydrogen (secondary N) is 1. The summed E-state index contributed by atoms with van der Waals surface area (Å²) in [6.45, 7) is 1.96. The number of esters is 1. The van der Waals surface area contributed by atoms with Gasteiger partial charge in [0.15, 0.2) is 0 Å². The molecule has 2 N–H and O–H groups in total. The molecule has 0 radical (unpaired) electrons. The molecular formula is C14H21NO5S. The van der Waals surface area contributed by atoms with Crippen molar-refractivity contribution in [2.45, 2.75) is 31.6 Å². The molecule has 0 bridgehead atoms. The van der Waals surface area contributed by atoms with E-state index in [9.17, 15) is 13.2 Å². The summed E-state index contributed by atoms with van der Waals surface area (Å²) >= 11 is 0. The summed E-state index contributed by atoms with van der Waals surface area (Å²) in [5.41, 5.74) is 0.967. The fourth-order valence-corrected chi connectivity index (χ4v) is 2.94. The second-order valence-electron chi connectivity index (χ2n) is 4.83. The lowest BCUT2D eigenvalue weighted by atomic mass is 10.1. The number of rotatable bonds is 8. The minimum Gasteiger partial charge on any atom is -0.465 e. The highest BCUT2D eigenvalue weighted by atomic mass is 32.2. The predicted octanol–water partition coefficient (Wildman–Crippen LogP) is 1.05. The minimum absolute atomic E-state index is 0.150. The predicted molar refractivity (Wildman–Crippen MR) is 79.3 cm³/mol. The second-order valence-corrected chi connectivity index (χ2v) is 6.64. The topological polar surface area (TPSA) is 92.7 Å². The van der Waals surface area contributed by atoms with E-state index in [0.29, 0.717) is 30.5 Å². The Labute approximate surface area is 125 Å². The van der Waals surface area contributed by atoms with E-state index < -0.39 is 22.1 Å². The van der Waals surface area contributed by atoms with E-state index in [1.165, 1.54) is 19.2 Å². The molecule has 6 nitrogen and oxygen atoms in total. The van der Waals surface area contributed by atoms with Crippen molar-refractivity contribution in [3.63, 3.8) is 0 Å². The Balaban J connectivity index is 2.53. The molecule has 0 heterocycles. The van der Waals surface area contributed by atoms with Crippen LogP contribution in [0.2, 0.25) is 0 Å². The van der Waals surface area contributed by atoms with Crippen LogP contribution in [0.1, 0.15) is 35.7 Å². The van der Waals surface area contributed by atoms with Gasteiger partial charge in [-0.05, 0) is 37.5 Å². The molecule has 1 unspecified atom stereocenters. The molecule has 0 aromatic heterocycles. The number of methoxy groups -OCH3 is 1. The van der Waals surface area contributed by atoms with Crippen molar-refractivity contribution in [1.82, 2.24) is 4.72 Å². The number of benzene rings is 1. The molecule has 118 valence electrons. The SMILES string of the molecule is COC(=O)c1ccc(CS(=O)(=O)NCCCC(C)O)cc1. The summed E-state index contributed by atoms with van der Waals surface area (Å²) in [7, 11) is -2.13. The van der Waals surface area contributed by atoms with Crippen molar-refractivity contribution < 1.29 is 23.1 Å². The van der Waals surface area contributed by atoms with Crippen LogP contribution in [-0.2, 0) is 20.5 Å². The van der Waals surface area contributed by atoms with Crippen LogP contribution in [0.3, 0.4) is 0 Å². The van der Waals surface area contributed by atoms with Gasteiger partial charge in [-0.2, -0.15) is 0 Å². The first-order chi connectivity index (χ1) is 9.84. The van der Waals surface area contributed by atoms with E-state index in [4.69, 9.17) is 5.11 Å². The summed E-state index contributed by atoms with van der Waals surface area (Å²) < 4.78 is 30.8. The third kappa shape index (κ3) is 6.70. The fourth-order valence-electron chi connectivity index (χ4n) is 1.75. The largest absolute Gasteiger partial charge is 0.465 e. The van der Waals surface area contributed by atoms with Crippen molar-refractivity contribution in [2.75, 3.05) is 13.7 Å². The van der Waals surface area contributed by atoms with Crippen molar-refractivity contribution in [3.05, 3.63) is 35.4 Å². The first-order valence-corrected chi connectivity index (χ1v) is 8.32. The van der Waals surface area contributed by atoms with Crippen LogP contribution < -0.4 is 4.72 Å². The average Bonchev–Trinajstić information content (AvgIpc) is 2.43. The number of aliphatic hydroxyl groups is 1. The van der Waals surface area contributed by atoms with Gasteiger partial charge in [0.1, 0.15) is 0 Å². The molecule has 21 heavy (non-hydrogen) atoms. The number of carbonyl (C=O) groups is 1. The van der Waals surface area contributed by atoms with Gasteiger partial charge in [0.25, 0.3) is 0 Å². The van der Waals surface area contributed by atoms with Crippen LogP contribution in [0.4, 0.5) is 0 Å². The van der Waals surface area contributed by atoms with Crippen LogP contribution >= 0.6 is 0 Å². The zero-order valence-corrected chi connectivity index (χ0v) is 13.0. The molecule has 0 amide bonds. The quantitative estimate of drug-likeness (QED) is 0.552. The van der Waals surface area contributed by atoms with Gasteiger partial charge in [-0.1, -0.05) is 12.1 Å². The van der Waals surface area contributed by atoms with E-state index in [0.717, 1.165) is 0 Å². The van der Waals surface area contributed by atoms with Crippen molar-refractivity contribution in [3.8, 4) is 0 Å². The van der Waals surface area contributed by atoms with E-state index >= 15 is 0 Å². The smallest absolute Gasteiger partial charge is 0.337 e. The molecular weight excluding hydrogens is 294 g/mol. The Hall–Kier alpha value is -1.44. The Morgan fingerprint density at radius 2 is 1.95 bits per heavy atom. The number of aliphatic hydroxyl groups excluding tert-OH is 1.